The second-order valence-electron chi connectivity index (χ2n) is 6.54. The van der Waals surface area contributed by atoms with Crippen molar-refractivity contribution in [3.05, 3.63) is 78.0 Å². The molecule has 3 aromatic rings. The molecule has 0 N–H and O–H groups in total. The van der Waals surface area contributed by atoms with Gasteiger partial charge in [-0.25, -0.2) is 0 Å². The summed E-state index contributed by atoms with van der Waals surface area (Å²) in [7, 11) is 3.35. The summed E-state index contributed by atoms with van der Waals surface area (Å²) in [6.07, 6.45) is 0.235. The average Bonchev–Trinajstić information content (AvgIpc) is 3.22. The zero-order valence-electron chi connectivity index (χ0n) is 16.7. The van der Waals surface area contributed by atoms with Crippen molar-refractivity contribution in [2.24, 2.45) is 0 Å². The Morgan fingerprint density at radius 2 is 1.76 bits per heavy atom. The van der Waals surface area contributed by atoms with Gasteiger partial charge in [-0.3, -0.25) is 4.79 Å². The third-order valence-corrected chi connectivity index (χ3v) is 4.46. The summed E-state index contributed by atoms with van der Waals surface area (Å²) in [5.41, 5.74) is 0.930. The highest BCUT2D eigenvalue weighted by atomic mass is 16.5. The molecular formula is C22H25N3O4. The van der Waals surface area contributed by atoms with Crippen molar-refractivity contribution in [3.8, 4) is 5.75 Å². The Morgan fingerprint density at radius 3 is 2.45 bits per heavy atom. The van der Waals surface area contributed by atoms with Gasteiger partial charge < -0.3 is 18.8 Å². The normalized spacial score (nSPS) is 11.8. The number of carbonyl (C=O) groups excluding carboxylic acids is 1. The number of hydrogen-bond acceptors (Lipinski definition) is 6. The Balaban J connectivity index is 1.46. The number of likely N-dealkylation sites (N-methyl/N-ethyl adjacent to an activating group) is 1. The maximum atomic E-state index is 12.3. The van der Waals surface area contributed by atoms with Gasteiger partial charge in [-0.05, 0) is 17.7 Å². The standard InChI is InChI=1S/C22H25N3O4/c1-25(15-16-28-18-11-7-4-8-12-18)20(26)14-13-19-23-24-22(29-19)21(27-2)17-9-5-3-6-10-17/h3-12,21H,13-16H2,1-2H3/t21-/m1/s1. The topological polar surface area (TPSA) is 77.7 Å². The van der Waals surface area contributed by atoms with Crippen LogP contribution in [-0.2, 0) is 16.0 Å². The maximum absolute atomic E-state index is 12.3. The van der Waals surface area contributed by atoms with Crippen molar-refractivity contribution < 1.29 is 18.7 Å². The molecule has 0 saturated carbocycles. The van der Waals surface area contributed by atoms with Gasteiger partial charge >= 0.3 is 0 Å². The maximum Gasteiger partial charge on any atom is 0.249 e. The molecule has 0 fully saturated rings. The molecule has 0 saturated heterocycles. The Kier molecular flexibility index (Phi) is 7.35. The van der Waals surface area contributed by atoms with E-state index in [9.17, 15) is 4.79 Å². The predicted molar refractivity (Wildman–Crippen MR) is 107 cm³/mol. The summed E-state index contributed by atoms with van der Waals surface area (Å²) in [6, 6.07) is 19.2. The Labute approximate surface area is 170 Å². The number of hydrogen-bond donors (Lipinski definition) is 0. The first-order valence-corrected chi connectivity index (χ1v) is 9.49. The Bertz CT molecular complexity index is 883. The Hall–Kier alpha value is -3.19. The molecule has 1 aromatic heterocycles. The van der Waals surface area contributed by atoms with Crippen LogP contribution in [-0.4, -0.2) is 48.3 Å². The average molecular weight is 395 g/mol. The number of ether oxygens (including phenoxy) is 2. The van der Waals surface area contributed by atoms with Crippen LogP contribution in [0.2, 0.25) is 0 Å². The molecule has 0 bridgehead atoms. The molecule has 152 valence electrons. The van der Waals surface area contributed by atoms with Gasteiger partial charge in [0.15, 0.2) is 6.10 Å². The molecule has 29 heavy (non-hydrogen) atoms. The van der Waals surface area contributed by atoms with E-state index in [0.717, 1.165) is 11.3 Å². The molecule has 3 rings (SSSR count). The van der Waals surface area contributed by atoms with Crippen LogP contribution >= 0.6 is 0 Å². The van der Waals surface area contributed by atoms with Gasteiger partial charge in [0.05, 0.1) is 6.54 Å². The predicted octanol–water partition coefficient (Wildman–Crippen LogP) is 3.28. The fraction of sp³-hybridized carbons (Fsp3) is 0.318. The molecule has 0 aliphatic carbocycles. The fourth-order valence-electron chi connectivity index (χ4n) is 2.83. The Morgan fingerprint density at radius 1 is 1.07 bits per heavy atom. The molecule has 0 unspecified atom stereocenters. The molecule has 0 spiro atoms. The van der Waals surface area contributed by atoms with E-state index in [2.05, 4.69) is 10.2 Å². The second kappa shape index (κ2) is 10.4. The van der Waals surface area contributed by atoms with E-state index in [0.29, 0.717) is 31.4 Å². The van der Waals surface area contributed by atoms with Gasteiger partial charge in [-0.2, -0.15) is 0 Å². The number of para-hydroxylation sites is 1. The SMILES string of the molecule is CO[C@H](c1ccccc1)c1nnc(CCC(=O)N(C)CCOc2ccccc2)o1. The second-order valence-corrected chi connectivity index (χ2v) is 6.54. The highest BCUT2D eigenvalue weighted by Crippen LogP contribution is 2.24. The fourth-order valence-corrected chi connectivity index (χ4v) is 2.83. The third-order valence-electron chi connectivity index (χ3n) is 4.46. The van der Waals surface area contributed by atoms with Crippen LogP contribution in [0.4, 0.5) is 0 Å². The van der Waals surface area contributed by atoms with Gasteiger partial charge in [-0.1, -0.05) is 48.5 Å². The summed E-state index contributed by atoms with van der Waals surface area (Å²) in [4.78, 5) is 14.0. The quantitative estimate of drug-likeness (QED) is 0.524. The highest BCUT2D eigenvalue weighted by molar-refractivity contribution is 5.75. The number of methoxy groups -OCH3 is 1. The highest BCUT2D eigenvalue weighted by Gasteiger charge is 2.20. The summed E-state index contributed by atoms with van der Waals surface area (Å²) in [5, 5.41) is 8.13. The van der Waals surface area contributed by atoms with Crippen molar-refractivity contribution in [1.29, 1.82) is 0 Å². The molecule has 0 radical (unpaired) electrons. The first-order valence-electron chi connectivity index (χ1n) is 9.49. The number of carbonyl (C=O) groups is 1. The lowest BCUT2D eigenvalue weighted by molar-refractivity contribution is -0.130. The number of rotatable bonds is 10. The van der Waals surface area contributed by atoms with Gasteiger partial charge in [0.25, 0.3) is 0 Å². The first-order chi connectivity index (χ1) is 14.2. The number of aromatic nitrogens is 2. The summed E-state index contributed by atoms with van der Waals surface area (Å²) in [6.45, 7) is 0.937. The van der Waals surface area contributed by atoms with Gasteiger partial charge in [0, 0.05) is 27.0 Å². The monoisotopic (exact) mass is 395 g/mol. The minimum absolute atomic E-state index is 0.00670. The van der Waals surface area contributed by atoms with E-state index in [-0.39, 0.29) is 12.3 Å². The van der Waals surface area contributed by atoms with Crippen LogP contribution in [0, 0.1) is 0 Å². The summed E-state index contributed by atoms with van der Waals surface area (Å²) >= 11 is 0. The minimum atomic E-state index is -0.425. The van der Waals surface area contributed by atoms with Crippen LogP contribution in [0.15, 0.2) is 65.1 Å². The number of benzene rings is 2. The van der Waals surface area contributed by atoms with Crippen LogP contribution in [0.5, 0.6) is 5.75 Å². The van der Waals surface area contributed by atoms with E-state index in [1.54, 1.807) is 19.1 Å². The molecule has 1 amide bonds. The van der Waals surface area contributed by atoms with Crippen molar-refractivity contribution in [3.63, 3.8) is 0 Å². The molecule has 1 heterocycles. The minimum Gasteiger partial charge on any atom is -0.492 e. The van der Waals surface area contributed by atoms with Gasteiger partial charge in [0.2, 0.25) is 17.7 Å². The van der Waals surface area contributed by atoms with Crippen LogP contribution in [0.1, 0.15) is 29.9 Å². The molecule has 7 nitrogen and oxygen atoms in total. The zero-order valence-corrected chi connectivity index (χ0v) is 16.7. The van der Waals surface area contributed by atoms with Gasteiger partial charge in [0.1, 0.15) is 12.4 Å². The van der Waals surface area contributed by atoms with Crippen molar-refractivity contribution >= 4 is 5.91 Å². The number of aryl methyl sites for hydroxylation is 1. The first kappa shape index (κ1) is 20.5. The van der Waals surface area contributed by atoms with Crippen molar-refractivity contribution in [2.45, 2.75) is 18.9 Å². The lowest BCUT2D eigenvalue weighted by Crippen LogP contribution is -2.31. The molecule has 7 heteroatoms. The molecule has 1 atom stereocenters. The zero-order chi connectivity index (χ0) is 20.5. The molecule has 2 aromatic carbocycles. The molecular weight excluding hydrogens is 370 g/mol. The van der Waals surface area contributed by atoms with E-state index in [1.807, 2.05) is 60.7 Å². The molecule has 0 aliphatic rings. The smallest absolute Gasteiger partial charge is 0.249 e. The van der Waals surface area contributed by atoms with Crippen molar-refractivity contribution in [1.82, 2.24) is 15.1 Å². The van der Waals surface area contributed by atoms with Crippen LogP contribution in [0.3, 0.4) is 0 Å². The number of amides is 1. The third kappa shape index (κ3) is 5.89. The number of nitrogens with zero attached hydrogens (tertiary/aromatic N) is 3. The largest absolute Gasteiger partial charge is 0.492 e. The van der Waals surface area contributed by atoms with E-state index in [4.69, 9.17) is 13.9 Å². The molecule has 0 aliphatic heterocycles. The van der Waals surface area contributed by atoms with Gasteiger partial charge in [-0.15, -0.1) is 10.2 Å². The summed E-state index contributed by atoms with van der Waals surface area (Å²) in [5.74, 6) is 1.58. The van der Waals surface area contributed by atoms with E-state index in [1.165, 1.54) is 0 Å². The summed E-state index contributed by atoms with van der Waals surface area (Å²) < 4.78 is 16.8. The van der Waals surface area contributed by atoms with E-state index >= 15 is 0 Å². The van der Waals surface area contributed by atoms with E-state index < -0.39 is 6.10 Å². The lowest BCUT2D eigenvalue weighted by atomic mass is 10.1. The van der Waals surface area contributed by atoms with Crippen LogP contribution < -0.4 is 4.74 Å². The van der Waals surface area contributed by atoms with Crippen molar-refractivity contribution in [2.75, 3.05) is 27.3 Å². The lowest BCUT2D eigenvalue weighted by Gasteiger charge is -2.17. The van der Waals surface area contributed by atoms with Crippen LogP contribution in [0.25, 0.3) is 0 Å².